The molecule has 104 valence electrons. The fourth-order valence-corrected chi connectivity index (χ4v) is 2.32. The maximum absolute atomic E-state index is 11.9. The van der Waals surface area contributed by atoms with Crippen LogP contribution in [-0.4, -0.2) is 30.3 Å². The Morgan fingerprint density at radius 2 is 2.05 bits per heavy atom. The van der Waals surface area contributed by atoms with E-state index in [1.54, 1.807) is 7.11 Å². The van der Waals surface area contributed by atoms with Crippen molar-refractivity contribution in [3.63, 3.8) is 0 Å². The number of aliphatic hydroxyl groups excluding tert-OH is 1. The number of hydrogen-bond acceptors (Lipinski definition) is 3. The standard InChI is InChI=1S/C15H21NO3/c1-15(2)12(9-13(15)17)16-14(18)8-10-4-6-11(19-3)7-5-10/h4-7,12-13,17H,8-9H2,1-3H3,(H,16,18). The predicted molar refractivity (Wildman–Crippen MR) is 73.0 cm³/mol. The Hall–Kier alpha value is -1.55. The van der Waals surface area contributed by atoms with Crippen molar-refractivity contribution < 1.29 is 14.6 Å². The predicted octanol–water partition coefficient (Wildman–Crippen LogP) is 1.51. The van der Waals surface area contributed by atoms with Crippen LogP contribution in [0.25, 0.3) is 0 Å². The number of rotatable bonds is 4. The number of nitrogens with one attached hydrogen (secondary N) is 1. The maximum Gasteiger partial charge on any atom is 0.224 e. The second-order valence-corrected chi connectivity index (χ2v) is 5.72. The molecule has 4 nitrogen and oxygen atoms in total. The van der Waals surface area contributed by atoms with E-state index in [1.807, 2.05) is 38.1 Å². The summed E-state index contributed by atoms with van der Waals surface area (Å²) in [6, 6.07) is 7.53. The van der Waals surface area contributed by atoms with Crippen LogP contribution in [0.3, 0.4) is 0 Å². The van der Waals surface area contributed by atoms with Gasteiger partial charge in [0, 0.05) is 11.5 Å². The number of carbonyl (C=O) groups is 1. The van der Waals surface area contributed by atoms with E-state index in [1.165, 1.54) is 0 Å². The first-order valence-electron chi connectivity index (χ1n) is 6.54. The highest BCUT2D eigenvalue weighted by atomic mass is 16.5. The average Bonchev–Trinajstić information content (AvgIpc) is 2.39. The quantitative estimate of drug-likeness (QED) is 0.865. The summed E-state index contributed by atoms with van der Waals surface area (Å²) in [5.74, 6) is 0.780. The van der Waals surface area contributed by atoms with Gasteiger partial charge in [0.05, 0.1) is 19.6 Å². The van der Waals surface area contributed by atoms with Crippen molar-refractivity contribution in [3.8, 4) is 5.75 Å². The molecule has 1 saturated carbocycles. The molecule has 0 radical (unpaired) electrons. The van der Waals surface area contributed by atoms with Gasteiger partial charge in [0.25, 0.3) is 0 Å². The van der Waals surface area contributed by atoms with E-state index in [2.05, 4.69) is 5.32 Å². The highest BCUT2D eigenvalue weighted by molar-refractivity contribution is 5.79. The zero-order chi connectivity index (χ0) is 14.0. The molecule has 2 N–H and O–H groups in total. The van der Waals surface area contributed by atoms with Crippen molar-refractivity contribution in [1.82, 2.24) is 5.32 Å². The van der Waals surface area contributed by atoms with Gasteiger partial charge in [0.2, 0.25) is 5.91 Å². The second kappa shape index (κ2) is 5.21. The van der Waals surface area contributed by atoms with E-state index >= 15 is 0 Å². The Morgan fingerprint density at radius 1 is 1.42 bits per heavy atom. The number of amides is 1. The number of hydrogen-bond donors (Lipinski definition) is 2. The van der Waals surface area contributed by atoms with Gasteiger partial charge in [-0.1, -0.05) is 26.0 Å². The molecule has 2 rings (SSSR count). The molecule has 0 aromatic heterocycles. The Balaban J connectivity index is 1.88. The van der Waals surface area contributed by atoms with Crippen molar-refractivity contribution in [3.05, 3.63) is 29.8 Å². The SMILES string of the molecule is COc1ccc(CC(=O)NC2CC(O)C2(C)C)cc1. The summed E-state index contributed by atoms with van der Waals surface area (Å²) in [5, 5.41) is 12.6. The summed E-state index contributed by atoms with van der Waals surface area (Å²) < 4.78 is 5.08. The van der Waals surface area contributed by atoms with Gasteiger partial charge in [0.15, 0.2) is 0 Å². The van der Waals surface area contributed by atoms with Crippen LogP contribution >= 0.6 is 0 Å². The monoisotopic (exact) mass is 263 g/mol. The van der Waals surface area contributed by atoms with Gasteiger partial charge < -0.3 is 15.2 Å². The first-order valence-corrected chi connectivity index (χ1v) is 6.54. The van der Waals surface area contributed by atoms with Crippen LogP contribution < -0.4 is 10.1 Å². The molecule has 2 unspecified atom stereocenters. The number of ether oxygens (including phenoxy) is 1. The molecule has 0 spiro atoms. The third-order valence-electron chi connectivity index (χ3n) is 4.07. The maximum atomic E-state index is 11.9. The molecule has 1 fully saturated rings. The van der Waals surface area contributed by atoms with Crippen LogP contribution in [-0.2, 0) is 11.2 Å². The summed E-state index contributed by atoms with van der Waals surface area (Å²) in [5.41, 5.74) is 0.728. The molecule has 1 aromatic carbocycles. The zero-order valence-corrected chi connectivity index (χ0v) is 11.6. The summed E-state index contributed by atoms with van der Waals surface area (Å²) in [7, 11) is 1.62. The third kappa shape index (κ3) is 2.89. The summed E-state index contributed by atoms with van der Waals surface area (Å²) in [4.78, 5) is 11.9. The van der Waals surface area contributed by atoms with Crippen molar-refractivity contribution in [1.29, 1.82) is 0 Å². The molecule has 2 atom stereocenters. The molecule has 0 aliphatic heterocycles. The summed E-state index contributed by atoms with van der Waals surface area (Å²) in [6.45, 7) is 3.94. The van der Waals surface area contributed by atoms with Crippen molar-refractivity contribution in [2.75, 3.05) is 7.11 Å². The highest BCUT2D eigenvalue weighted by Crippen LogP contribution is 2.40. The Morgan fingerprint density at radius 3 is 2.53 bits per heavy atom. The van der Waals surface area contributed by atoms with Gasteiger partial charge in [0.1, 0.15) is 5.75 Å². The number of carbonyl (C=O) groups excluding carboxylic acids is 1. The molecular formula is C15H21NO3. The lowest BCUT2D eigenvalue weighted by Gasteiger charge is -2.49. The first kappa shape index (κ1) is 13.9. The van der Waals surface area contributed by atoms with E-state index in [4.69, 9.17) is 4.74 Å². The van der Waals surface area contributed by atoms with E-state index in [0.29, 0.717) is 12.8 Å². The van der Waals surface area contributed by atoms with E-state index in [-0.39, 0.29) is 23.5 Å². The molecule has 0 saturated heterocycles. The summed E-state index contributed by atoms with van der Waals surface area (Å²) >= 11 is 0. The Bertz CT molecular complexity index is 453. The number of methoxy groups -OCH3 is 1. The van der Waals surface area contributed by atoms with Crippen LogP contribution in [0.1, 0.15) is 25.8 Å². The molecule has 1 aliphatic carbocycles. The molecule has 0 bridgehead atoms. The second-order valence-electron chi connectivity index (χ2n) is 5.72. The van der Waals surface area contributed by atoms with E-state index in [9.17, 15) is 9.90 Å². The van der Waals surface area contributed by atoms with Crippen LogP contribution in [0.15, 0.2) is 24.3 Å². The lowest BCUT2D eigenvalue weighted by atomic mass is 9.64. The third-order valence-corrected chi connectivity index (χ3v) is 4.07. The van der Waals surface area contributed by atoms with E-state index < -0.39 is 0 Å². The molecule has 19 heavy (non-hydrogen) atoms. The van der Waals surface area contributed by atoms with Crippen LogP contribution in [0.2, 0.25) is 0 Å². The van der Waals surface area contributed by atoms with Crippen LogP contribution in [0, 0.1) is 5.41 Å². The van der Waals surface area contributed by atoms with Crippen LogP contribution in [0.5, 0.6) is 5.75 Å². The van der Waals surface area contributed by atoms with Gasteiger partial charge in [-0.05, 0) is 24.1 Å². The average molecular weight is 263 g/mol. The Kier molecular flexibility index (Phi) is 3.80. The fraction of sp³-hybridized carbons (Fsp3) is 0.533. The highest BCUT2D eigenvalue weighted by Gasteiger charge is 2.47. The van der Waals surface area contributed by atoms with Crippen molar-refractivity contribution in [2.24, 2.45) is 5.41 Å². The molecule has 0 heterocycles. The molecule has 4 heteroatoms. The van der Waals surface area contributed by atoms with Gasteiger partial charge in [-0.15, -0.1) is 0 Å². The first-order chi connectivity index (χ1) is 8.93. The molecular weight excluding hydrogens is 242 g/mol. The normalized spacial score (nSPS) is 24.4. The zero-order valence-electron chi connectivity index (χ0n) is 11.6. The minimum absolute atomic E-state index is 0.00450. The van der Waals surface area contributed by atoms with Crippen molar-refractivity contribution in [2.45, 2.75) is 38.8 Å². The lowest BCUT2D eigenvalue weighted by molar-refractivity contribution is -0.128. The van der Waals surface area contributed by atoms with Crippen LogP contribution in [0.4, 0.5) is 0 Å². The van der Waals surface area contributed by atoms with Gasteiger partial charge in [-0.25, -0.2) is 0 Å². The van der Waals surface area contributed by atoms with Gasteiger partial charge >= 0.3 is 0 Å². The smallest absolute Gasteiger partial charge is 0.224 e. The molecule has 1 aliphatic rings. The minimum atomic E-state index is -0.321. The summed E-state index contributed by atoms with van der Waals surface area (Å²) in [6.07, 6.45) is 0.674. The van der Waals surface area contributed by atoms with Crippen molar-refractivity contribution >= 4 is 5.91 Å². The van der Waals surface area contributed by atoms with Gasteiger partial charge in [-0.3, -0.25) is 4.79 Å². The number of benzene rings is 1. The van der Waals surface area contributed by atoms with E-state index in [0.717, 1.165) is 11.3 Å². The number of aliphatic hydroxyl groups is 1. The van der Waals surface area contributed by atoms with Gasteiger partial charge in [-0.2, -0.15) is 0 Å². The molecule has 1 amide bonds. The topological polar surface area (TPSA) is 58.6 Å². The minimum Gasteiger partial charge on any atom is -0.497 e. The molecule has 1 aromatic rings. The lowest BCUT2D eigenvalue weighted by Crippen LogP contribution is -2.61. The fourth-order valence-electron chi connectivity index (χ4n) is 2.32. The Labute approximate surface area is 113 Å². The largest absolute Gasteiger partial charge is 0.497 e.